The van der Waals surface area contributed by atoms with E-state index in [0.29, 0.717) is 25.0 Å². The smallest absolute Gasteiger partial charge is 0.405 e. The van der Waals surface area contributed by atoms with Gasteiger partial charge in [-0.25, -0.2) is 4.98 Å². The second kappa shape index (κ2) is 12.3. The monoisotopic (exact) mass is 549 g/mol. The number of nitrogens with one attached hydrogen (secondary N) is 3. The van der Waals surface area contributed by atoms with Gasteiger partial charge >= 0.3 is 12.0 Å². The van der Waals surface area contributed by atoms with Gasteiger partial charge in [-0.3, -0.25) is 10.1 Å². The van der Waals surface area contributed by atoms with Crippen LogP contribution in [-0.4, -0.2) is 39.0 Å². The van der Waals surface area contributed by atoms with Crippen molar-refractivity contribution < 1.29 is 27.4 Å². The van der Waals surface area contributed by atoms with Gasteiger partial charge in [-0.1, -0.05) is 23.4 Å². The van der Waals surface area contributed by atoms with Crippen LogP contribution in [0.5, 0.6) is 5.75 Å². The van der Waals surface area contributed by atoms with Crippen LogP contribution in [0.2, 0.25) is 0 Å². The van der Waals surface area contributed by atoms with Crippen molar-refractivity contribution in [2.75, 3.05) is 17.2 Å². The Morgan fingerprint density at radius 3 is 2.54 bits per heavy atom. The number of aryl methyl sites for hydroxylation is 2. The molecule has 0 amide bonds. The molecule has 1 aliphatic carbocycles. The topological polar surface area (TPSA) is 140 Å². The molecule has 1 saturated carbocycles. The summed E-state index contributed by atoms with van der Waals surface area (Å²) in [5.41, 5.74) is 1.91. The molecule has 0 unspecified atom stereocenters. The third-order valence-electron chi connectivity index (χ3n) is 6.76. The van der Waals surface area contributed by atoms with E-state index in [0.717, 1.165) is 48.9 Å². The van der Waals surface area contributed by atoms with Gasteiger partial charge < -0.3 is 25.2 Å². The van der Waals surface area contributed by atoms with Gasteiger partial charge in [-0.15, -0.1) is 13.2 Å². The highest BCUT2D eigenvalue weighted by Gasteiger charge is 2.32. The molecule has 210 valence electrons. The predicted molar refractivity (Wildman–Crippen MR) is 136 cm³/mol. The van der Waals surface area contributed by atoms with Gasteiger partial charge in [0, 0.05) is 36.8 Å². The maximum atomic E-state index is 12.7. The molecule has 2 aromatic heterocycles. The number of anilines is 2. The first-order valence-corrected chi connectivity index (χ1v) is 12.6. The minimum absolute atomic E-state index is 0.0390. The number of nitro groups is 1. The van der Waals surface area contributed by atoms with Crippen molar-refractivity contribution in [1.82, 2.24) is 20.4 Å². The molecule has 0 atom stereocenters. The van der Waals surface area contributed by atoms with Crippen molar-refractivity contribution >= 4 is 17.5 Å². The van der Waals surface area contributed by atoms with E-state index in [1.165, 1.54) is 18.2 Å². The normalized spacial score (nSPS) is 17.6. The van der Waals surface area contributed by atoms with Crippen molar-refractivity contribution in [3.8, 4) is 5.75 Å². The highest BCUT2D eigenvalue weighted by atomic mass is 19.4. The van der Waals surface area contributed by atoms with Crippen LogP contribution in [0.1, 0.15) is 48.3 Å². The lowest BCUT2D eigenvalue weighted by Crippen LogP contribution is -2.34. The van der Waals surface area contributed by atoms with Crippen LogP contribution in [-0.2, 0) is 13.1 Å². The number of para-hydroxylation sites is 1. The lowest BCUT2D eigenvalue weighted by molar-refractivity contribution is -0.384. The summed E-state index contributed by atoms with van der Waals surface area (Å²) in [4.78, 5) is 19.1. The molecule has 0 bridgehead atoms. The maximum absolute atomic E-state index is 12.7. The molecular formula is C25H30F3N7O4. The fourth-order valence-electron chi connectivity index (χ4n) is 4.59. The zero-order valence-electron chi connectivity index (χ0n) is 21.5. The third kappa shape index (κ3) is 7.78. The molecule has 1 aromatic carbocycles. The van der Waals surface area contributed by atoms with Crippen molar-refractivity contribution in [1.29, 1.82) is 0 Å². The second-order valence-corrected chi connectivity index (χ2v) is 9.48. The predicted octanol–water partition coefficient (Wildman–Crippen LogP) is 5.26. The molecule has 3 N–H and O–H groups in total. The lowest BCUT2D eigenvalue weighted by Gasteiger charge is -2.29. The minimum atomic E-state index is -4.83. The van der Waals surface area contributed by atoms with Gasteiger partial charge in [0.1, 0.15) is 17.7 Å². The van der Waals surface area contributed by atoms with Gasteiger partial charge in [-0.05, 0) is 51.5 Å². The number of benzene rings is 1. The summed E-state index contributed by atoms with van der Waals surface area (Å²) in [5, 5.41) is 25.0. The molecule has 0 spiro atoms. The van der Waals surface area contributed by atoms with Crippen molar-refractivity contribution in [3.05, 3.63) is 63.2 Å². The molecule has 1 aliphatic rings. The van der Waals surface area contributed by atoms with Gasteiger partial charge in [0.05, 0.1) is 10.6 Å². The van der Waals surface area contributed by atoms with Gasteiger partial charge in [-0.2, -0.15) is 4.98 Å². The van der Waals surface area contributed by atoms with Crippen molar-refractivity contribution in [3.63, 3.8) is 0 Å². The molecule has 0 aliphatic heterocycles. The fourth-order valence-corrected chi connectivity index (χ4v) is 4.59. The summed E-state index contributed by atoms with van der Waals surface area (Å²) in [7, 11) is 0. The number of ether oxygens (including phenoxy) is 1. The molecule has 0 radical (unpaired) electrons. The summed E-state index contributed by atoms with van der Waals surface area (Å²) in [6.07, 6.45) is 0.0487. The first-order valence-electron chi connectivity index (χ1n) is 12.6. The molecular weight excluding hydrogens is 519 g/mol. The van der Waals surface area contributed by atoms with E-state index in [4.69, 9.17) is 4.52 Å². The highest BCUT2D eigenvalue weighted by Crippen LogP contribution is 2.29. The van der Waals surface area contributed by atoms with Crippen LogP contribution in [0, 0.1) is 29.9 Å². The Morgan fingerprint density at radius 1 is 1.13 bits per heavy atom. The fraction of sp³-hybridized carbons (Fsp3) is 0.480. The molecule has 14 heteroatoms. The molecule has 1 fully saturated rings. The molecule has 4 rings (SSSR count). The van der Waals surface area contributed by atoms with Gasteiger partial charge in [0.25, 0.3) is 0 Å². The molecule has 39 heavy (non-hydrogen) atoms. The zero-order chi connectivity index (χ0) is 28.0. The highest BCUT2D eigenvalue weighted by molar-refractivity contribution is 5.57. The largest absolute Gasteiger partial charge is 0.573 e. The average Bonchev–Trinajstić information content (AvgIpc) is 3.22. The number of alkyl halides is 3. The zero-order valence-corrected chi connectivity index (χ0v) is 21.5. The van der Waals surface area contributed by atoms with E-state index in [1.54, 1.807) is 6.07 Å². The Kier molecular flexibility index (Phi) is 8.84. The molecule has 0 saturated heterocycles. The first kappa shape index (κ1) is 28.1. The summed E-state index contributed by atoms with van der Waals surface area (Å²) < 4.78 is 47.4. The third-order valence-corrected chi connectivity index (χ3v) is 6.76. The van der Waals surface area contributed by atoms with E-state index in [2.05, 4.69) is 35.8 Å². The van der Waals surface area contributed by atoms with E-state index in [1.807, 2.05) is 13.8 Å². The second-order valence-electron chi connectivity index (χ2n) is 9.48. The average molecular weight is 550 g/mol. The molecule has 3 aromatic rings. The molecule has 2 heterocycles. The number of halogens is 3. The summed E-state index contributed by atoms with van der Waals surface area (Å²) in [5.74, 6) is 0.860. The van der Waals surface area contributed by atoms with Crippen molar-refractivity contribution in [2.45, 2.75) is 65.0 Å². The summed E-state index contributed by atoms with van der Waals surface area (Å²) in [6, 6.07) is 6.04. The number of nitrogens with zero attached hydrogens (tertiary/aromatic N) is 4. The van der Waals surface area contributed by atoms with Crippen LogP contribution in [0.15, 0.2) is 35.0 Å². The Bertz CT molecular complexity index is 1260. The number of aromatic nitrogens is 3. The van der Waals surface area contributed by atoms with Crippen LogP contribution in [0.25, 0.3) is 0 Å². The Morgan fingerprint density at radius 2 is 1.87 bits per heavy atom. The Hall–Kier alpha value is -3.94. The molecule has 11 nitrogen and oxygen atoms in total. The Balaban J connectivity index is 1.31. The van der Waals surface area contributed by atoms with Crippen LogP contribution in [0.3, 0.4) is 0 Å². The number of hydrogen-bond acceptors (Lipinski definition) is 10. The number of rotatable bonds is 11. The quantitative estimate of drug-likeness (QED) is 0.214. The lowest BCUT2D eigenvalue weighted by atomic mass is 9.86. The summed E-state index contributed by atoms with van der Waals surface area (Å²) >= 11 is 0. The minimum Gasteiger partial charge on any atom is -0.405 e. The van der Waals surface area contributed by atoms with E-state index in [-0.39, 0.29) is 35.3 Å². The van der Waals surface area contributed by atoms with Crippen LogP contribution >= 0.6 is 0 Å². The standard InChI is InChI=1S/C25H30F3N7O4/c1-15-20(16(2)39-34-15)13-29-19-9-7-17(8-10-19)11-30-23-21(35(36)37)14-32-24(33-23)31-12-18-5-3-4-6-22(18)38-25(26,27)28/h3-6,14,17,19,29H,7-13H2,1-2H3,(H2,30,31,32,33)/t17-,19-. The van der Waals surface area contributed by atoms with E-state index >= 15 is 0 Å². The van der Waals surface area contributed by atoms with Crippen molar-refractivity contribution in [2.24, 2.45) is 5.92 Å². The first-order chi connectivity index (χ1) is 18.6. The SMILES string of the molecule is Cc1noc(C)c1CN[C@H]1CC[C@H](CNc2nc(NCc3ccccc3OC(F)(F)F)ncc2[N+](=O)[O-])CC1. The van der Waals surface area contributed by atoms with E-state index < -0.39 is 11.3 Å². The maximum Gasteiger partial charge on any atom is 0.573 e. The van der Waals surface area contributed by atoms with Crippen LogP contribution < -0.4 is 20.7 Å². The Labute approximate surface area is 222 Å². The van der Waals surface area contributed by atoms with Gasteiger partial charge in [0.15, 0.2) is 0 Å². The van der Waals surface area contributed by atoms with E-state index in [9.17, 15) is 23.3 Å². The van der Waals surface area contributed by atoms with Crippen LogP contribution in [0.4, 0.5) is 30.6 Å². The summed E-state index contributed by atoms with van der Waals surface area (Å²) in [6.45, 7) is 4.94. The number of hydrogen-bond donors (Lipinski definition) is 3. The van der Waals surface area contributed by atoms with Gasteiger partial charge in [0.2, 0.25) is 11.8 Å².